The van der Waals surface area contributed by atoms with Crippen molar-refractivity contribution < 1.29 is 9.90 Å². The van der Waals surface area contributed by atoms with Crippen LogP contribution in [-0.2, 0) is 4.79 Å². The van der Waals surface area contributed by atoms with Gasteiger partial charge in [-0.3, -0.25) is 4.79 Å². The van der Waals surface area contributed by atoms with Crippen molar-refractivity contribution in [3.8, 4) is 0 Å². The van der Waals surface area contributed by atoms with E-state index >= 15 is 0 Å². The van der Waals surface area contributed by atoms with Gasteiger partial charge in [0.2, 0.25) is 0 Å². The van der Waals surface area contributed by atoms with Gasteiger partial charge in [-0.05, 0) is 80.5 Å². The molecule has 4 rings (SSSR count). The molecule has 0 aliphatic heterocycles. The van der Waals surface area contributed by atoms with Crippen LogP contribution in [0.3, 0.4) is 0 Å². The van der Waals surface area contributed by atoms with Crippen molar-refractivity contribution >= 4 is 5.78 Å². The molecular weight excluding hydrogens is 320 g/mol. The molecule has 6 atom stereocenters. The molecule has 0 aromatic carbocycles. The van der Waals surface area contributed by atoms with E-state index in [4.69, 9.17) is 0 Å². The number of hydrogen-bond acceptors (Lipinski definition) is 2. The summed E-state index contributed by atoms with van der Waals surface area (Å²) in [6, 6.07) is 0. The van der Waals surface area contributed by atoms with Gasteiger partial charge < -0.3 is 5.11 Å². The first-order valence-corrected chi connectivity index (χ1v) is 10.6. The molecule has 3 fully saturated rings. The van der Waals surface area contributed by atoms with E-state index in [-0.39, 0.29) is 16.9 Å². The van der Waals surface area contributed by atoms with Gasteiger partial charge in [0, 0.05) is 6.42 Å². The summed E-state index contributed by atoms with van der Waals surface area (Å²) in [5.74, 6) is 2.99. The predicted octanol–water partition coefficient (Wildman–Crippen LogP) is 5.24. The second kappa shape index (κ2) is 6.48. The van der Waals surface area contributed by atoms with Gasteiger partial charge in [0.25, 0.3) is 0 Å². The van der Waals surface area contributed by atoms with E-state index in [1.54, 1.807) is 0 Å². The Morgan fingerprint density at radius 2 is 1.88 bits per heavy atom. The van der Waals surface area contributed by atoms with Crippen molar-refractivity contribution in [3.05, 3.63) is 37.0 Å². The Kier molecular flexibility index (Phi) is 4.54. The second-order valence-electron chi connectivity index (χ2n) is 9.60. The Morgan fingerprint density at radius 1 is 1.15 bits per heavy atom. The molecule has 1 N–H and O–H groups in total. The highest BCUT2D eigenvalue weighted by molar-refractivity contribution is 5.89. The minimum atomic E-state index is -0.368. The summed E-state index contributed by atoms with van der Waals surface area (Å²) in [5.41, 5.74) is 1.17. The van der Waals surface area contributed by atoms with Crippen molar-refractivity contribution in [1.29, 1.82) is 0 Å². The molecular formula is C24H34O2. The second-order valence-corrected chi connectivity index (χ2v) is 9.60. The molecule has 3 saturated carbocycles. The third kappa shape index (κ3) is 2.37. The number of carbonyl (C=O) groups is 1. The van der Waals surface area contributed by atoms with Gasteiger partial charge in [0.15, 0.2) is 0 Å². The highest BCUT2D eigenvalue weighted by Crippen LogP contribution is 2.63. The van der Waals surface area contributed by atoms with Crippen molar-refractivity contribution in [3.63, 3.8) is 0 Å². The van der Waals surface area contributed by atoms with Crippen LogP contribution in [0.5, 0.6) is 0 Å². The van der Waals surface area contributed by atoms with Crippen molar-refractivity contribution in [2.45, 2.75) is 70.8 Å². The number of ketones is 1. The maximum atomic E-state index is 13.0. The fourth-order valence-electron chi connectivity index (χ4n) is 7.42. The summed E-state index contributed by atoms with van der Waals surface area (Å²) in [7, 11) is 0. The van der Waals surface area contributed by atoms with Crippen LogP contribution in [0.2, 0.25) is 0 Å². The van der Waals surface area contributed by atoms with Crippen molar-refractivity contribution in [1.82, 2.24) is 0 Å². The lowest BCUT2D eigenvalue weighted by molar-refractivity contribution is -0.130. The molecule has 26 heavy (non-hydrogen) atoms. The van der Waals surface area contributed by atoms with Gasteiger partial charge in [-0.25, -0.2) is 0 Å². The Bertz CT molecular complexity index is 635. The third-order valence-corrected chi connectivity index (χ3v) is 8.72. The summed E-state index contributed by atoms with van der Waals surface area (Å²) < 4.78 is 0. The average molecular weight is 355 g/mol. The first-order chi connectivity index (χ1) is 12.5. The van der Waals surface area contributed by atoms with Crippen LogP contribution >= 0.6 is 0 Å². The Morgan fingerprint density at radius 3 is 2.58 bits per heavy atom. The predicted molar refractivity (Wildman–Crippen MR) is 106 cm³/mol. The first kappa shape index (κ1) is 18.2. The zero-order chi connectivity index (χ0) is 18.5. The molecule has 0 spiro atoms. The molecule has 2 nitrogen and oxygen atoms in total. The fraction of sp³-hybridized carbons (Fsp3) is 0.708. The molecule has 0 bridgehead atoms. The Labute approximate surface area is 158 Å². The molecule has 0 heterocycles. The van der Waals surface area contributed by atoms with Crippen LogP contribution in [0.25, 0.3) is 0 Å². The topological polar surface area (TPSA) is 37.3 Å². The van der Waals surface area contributed by atoms with E-state index in [1.807, 2.05) is 12.2 Å². The van der Waals surface area contributed by atoms with Gasteiger partial charge >= 0.3 is 0 Å². The number of fused-ring (bicyclic) bond motifs is 5. The number of aliphatic hydroxyl groups is 1. The summed E-state index contributed by atoms with van der Waals surface area (Å²) in [6.07, 6.45) is 15.0. The monoisotopic (exact) mass is 354 g/mol. The number of hydrogen-bond donors (Lipinski definition) is 1. The van der Waals surface area contributed by atoms with Crippen LogP contribution < -0.4 is 0 Å². The standard InChI is InChI=1S/C24H34O2/c1-4-13-24(14-5-2)20-8-6-17-16(18(20)7-10-22(24)26)12-15-23(3)19(17)9-11-21(23)25/h4-5,8,16-19,21,25H,1-2,6-7,9-15H2,3H3/t16-,17+,18+,19-,21-,23-/m0/s1. The molecule has 0 aromatic rings. The first-order valence-electron chi connectivity index (χ1n) is 10.6. The van der Waals surface area contributed by atoms with Crippen molar-refractivity contribution in [2.24, 2.45) is 34.5 Å². The lowest BCUT2D eigenvalue weighted by Gasteiger charge is -2.55. The van der Waals surface area contributed by atoms with Crippen LogP contribution in [0.4, 0.5) is 0 Å². The molecule has 0 radical (unpaired) electrons. The highest BCUT2D eigenvalue weighted by Gasteiger charge is 2.58. The molecule has 4 aliphatic carbocycles. The van der Waals surface area contributed by atoms with E-state index in [2.05, 4.69) is 26.2 Å². The number of carbonyl (C=O) groups excluding carboxylic acids is 1. The molecule has 0 saturated heterocycles. The Balaban J connectivity index is 1.71. The summed E-state index contributed by atoms with van der Waals surface area (Å²) in [4.78, 5) is 13.0. The number of aliphatic hydroxyl groups excluding tert-OH is 1. The van der Waals surface area contributed by atoms with Crippen LogP contribution in [0, 0.1) is 34.5 Å². The normalized spacial score (nSPS) is 43.7. The average Bonchev–Trinajstić information content (AvgIpc) is 2.93. The summed E-state index contributed by atoms with van der Waals surface area (Å²) in [6.45, 7) is 10.2. The van der Waals surface area contributed by atoms with Gasteiger partial charge in [-0.1, -0.05) is 30.7 Å². The molecule has 2 heteroatoms. The quantitative estimate of drug-likeness (QED) is 0.701. The maximum absolute atomic E-state index is 13.0. The van der Waals surface area contributed by atoms with Crippen molar-refractivity contribution in [2.75, 3.05) is 0 Å². The summed E-state index contributed by atoms with van der Waals surface area (Å²) >= 11 is 0. The lowest BCUT2D eigenvalue weighted by Crippen LogP contribution is -2.50. The van der Waals surface area contributed by atoms with E-state index in [0.717, 1.165) is 38.5 Å². The summed E-state index contributed by atoms with van der Waals surface area (Å²) in [5, 5.41) is 10.6. The minimum absolute atomic E-state index is 0.118. The number of allylic oxidation sites excluding steroid dienone is 4. The van der Waals surface area contributed by atoms with Gasteiger partial charge in [0.1, 0.15) is 5.78 Å². The number of rotatable bonds is 4. The Hall–Kier alpha value is -1.15. The molecule has 0 aromatic heterocycles. The zero-order valence-electron chi connectivity index (χ0n) is 16.3. The van der Waals surface area contributed by atoms with Gasteiger partial charge in [-0.15, -0.1) is 13.2 Å². The van der Waals surface area contributed by atoms with Crippen LogP contribution in [0.15, 0.2) is 37.0 Å². The largest absolute Gasteiger partial charge is 0.393 e. The SMILES string of the molecule is C=CCC1(CC=C)C(=O)CC[C@H]2C1=CC[C@@H]1[C@@H]2CC[C@]2(C)[C@@H](O)CC[C@@H]12. The van der Waals surface area contributed by atoms with Gasteiger partial charge in [-0.2, -0.15) is 0 Å². The van der Waals surface area contributed by atoms with Gasteiger partial charge in [0.05, 0.1) is 11.5 Å². The highest BCUT2D eigenvalue weighted by atomic mass is 16.3. The molecule has 4 aliphatic rings. The zero-order valence-corrected chi connectivity index (χ0v) is 16.3. The molecule has 0 amide bonds. The van der Waals surface area contributed by atoms with Crippen LogP contribution in [0.1, 0.15) is 64.7 Å². The molecule has 142 valence electrons. The van der Waals surface area contributed by atoms with E-state index < -0.39 is 0 Å². The minimum Gasteiger partial charge on any atom is -0.393 e. The van der Waals surface area contributed by atoms with E-state index in [0.29, 0.717) is 35.9 Å². The fourth-order valence-corrected chi connectivity index (χ4v) is 7.42. The smallest absolute Gasteiger partial charge is 0.143 e. The molecule has 0 unspecified atom stereocenters. The number of Topliss-reactive ketones (excluding diaryl/α,β-unsaturated/α-hetero) is 1. The van der Waals surface area contributed by atoms with Crippen LogP contribution in [-0.4, -0.2) is 17.0 Å². The van der Waals surface area contributed by atoms with E-state index in [1.165, 1.54) is 18.4 Å². The van der Waals surface area contributed by atoms with E-state index in [9.17, 15) is 9.90 Å². The lowest BCUT2D eigenvalue weighted by atomic mass is 9.49. The third-order valence-electron chi connectivity index (χ3n) is 8.72. The maximum Gasteiger partial charge on any atom is 0.143 e.